The van der Waals surface area contributed by atoms with Gasteiger partial charge in [-0.1, -0.05) is 41.9 Å². The van der Waals surface area contributed by atoms with Gasteiger partial charge in [-0.2, -0.15) is 0 Å². The first-order valence-electron chi connectivity index (χ1n) is 5.03. The molecule has 2 aromatic rings. The number of hydrogen-bond acceptors (Lipinski definition) is 1. The molecule has 2 nitrogen and oxygen atoms in total. The molecule has 0 atom stereocenters. The third-order valence-electron chi connectivity index (χ3n) is 1.86. The summed E-state index contributed by atoms with van der Waals surface area (Å²) in [6.07, 6.45) is 1.85. The van der Waals surface area contributed by atoms with Crippen molar-refractivity contribution in [2.45, 2.75) is 20.8 Å². The maximum atomic E-state index is 4.15. The zero-order chi connectivity index (χ0) is 11.3. The first-order chi connectivity index (χ1) is 7.25. The molecule has 0 saturated heterocycles. The Kier molecular flexibility index (Phi) is 4.56. The summed E-state index contributed by atoms with van der Waals surface area (Å²) < 4.78 is 1.09. The average Bonchev–Trinajstić information content (AvgIpc) is 2.69. The van der Waals surface area contributed by atoms with Crippen molar-refractivity contribution < 1.29 is 0 Å². The number of imidazole rings is 1. The van der Waals surface area contributed by atoms with Crippen molar-refractivity contribution in [2.24, 2.45) is 0 Å². The van der Waals surface area contributed by atoms with Crippen LogP contribution in [-0.2, 0) is 0 Å². The highest BCUT2D eigenvalue weighted by molar-refractivity contribution is 9.10. The van der Waals surface area contributed by atoms with Gasteiger partial charge in [0.2, 0.25) is 0 Å². The molecule has 0 aliphatic rings. The molecule has 1 N–H and O–H groups in total. The minimum absolute atomic E-state index is 0.943. The van der Waals surface area contributed by atoms with Crippen molar-refractivity contribution >= 4 is 15.9 Å². The number of benzene rings is 1. The highest BCUT2D eigenvalue weighted by Crippen LogP contribution is 2.19. The van der Waals surface area contributed by atoms with Crippen molar-refractivity contribution in [3.05, 3.63) is 40.8 Å². The normalized spacial score (nSPS) is 9.33. The van der Waals surface area contributed by atoms with E-state index in [9.17, 15) is 0 Å². The highest BCUT2D eigenvalue weighted by atomic mass is 79.9. The SMILES string of the molecule is CC.Cc1ncc(-c2ccc(Br)cc2)[nH]1. The van der Waals surface area contributed by atoms with E-state index in [1.54, 1.807) is 0 Å². The molecule has 1 aromatic heterocycles. The van der Waals surface area contributed by atoms with Gasteiger partial charge in [0.05, 0.1) is 11.9 Å². The Labute approximate surface area is 98.9 Å². The van der Waals surface area contributed by atoms with Crippen LogP contribution in [0.2, 0.25) is 0 Å². The van der Waals surface area contributed by atoms with Gasteiger partial charge < -0.3 is 4.98 Å². The van der Waals surface area contributed by atoms with Gasteiger partial charge in [-0.05, 0) is 24.6 Å². The number of aromatic amines is 1. The van der Waals surface area contributed by atoms with Crippen LogP contribution >= 0.6 is 15.9 Å². The summed E-state index contributed by atoms with van der Waals surface area (Å²) in [5, 5.41) is 0. The molecule has 15 heavy (non-hydrogen) atoms. The summed E-state index contributed by atoms with van der Waals surface area (Å²) in [5.74, 6) is 0.943. The molecule has 1 heterocycles. The van der Waals surface area contributed by atoms with Gasteiger partial charge in [0.25, 0.3) is 0 Å². The Hall–Kier alpha value is -1.09. The van der Waals surface area contributed by atoms with Crippen molar-refractivity contribution in [1.82, 2.24) is 9.97 Å². The Morgan fingerprint density at radius 3 is 2.20 bits per heavy atom. The van der Waals surface area contributed by atoms with Gasteiger partial charge in [-0.15, -0.1) is 0 Å². The van der Waals surface area contributed by atoms with E-state index in [0.29, 0.717) is 0 Å². The van der Waals surface area contributed by atoms with E-state index >= 15 is 0 Å². The predicted octanol–water partition coefficient (Wildman–Crippen LogP) is 4.17. The number of aromatic nitrogens is 2. The number of halogens is 1. The highest BCUT2D eigenvalue weighted by Gasteiger charge is 1.99. The number of aryl methyl sites for hydroxylation is 1. The standard InChI is InChI=1S/C10H9BrN2.C2H6/c1-7-12-6-10(13-7)8-2-4-9(11)5-3-8;1-2/h2-6H,1H3,(H,12,13);1-2H3. The second-order valence-corrected chi connectivity index (χ2v) is 3.80. The van der Waals surface area contributed by atoms with E-state index in [1.807, 2.05) is 39.1 Å². The third kappa shape index (κ3) is 3.20. The lowest BCUT2D eigenvalue weighted by Gasteiger charge is -1.96. The van der Waals surface area contributed by atoms with E-state index < -0.39 is 0 Å². The second kappa shape index (κ2) is 5.71. The van der Waals surface area contributed by atoms with Crippen LogP contribution in [0.25, 0.3) is 11.3 Å². The number of hydrogen-bond donors (Lipinski definition) is 1. The van der Waals surface area contributed by atoms with Crippen LogP contribution in [0.4, 0.5) is 0 Å². The van der Waals surface area contributed by atoms with Crippen LogP contribution in [0.1, 0.15) is 19.7 Å². The number of H-pyrrole nitrogens is 1. The average molecular weight is 267 g/mol. The lowest BCUT2D eigenvalue weighted by Crippen LogP contribution is -1.77. The van der Waals surface area contributed by atoms with E-state index in [4.69, 9.17) is 0 Å². The van der Waals surface area contributed by atoms with E-state index in [0.717, 1.165) is 21.6 Å². The quantitative estimate of drug-likeness (QED) is 0.825. The van der Waals surface area contributed by atoms with Crippen molar-refractivity contribution in [3.63, 3.8) is 0 Å². The molecule has 2 rings (SSSR count). The molecule has 0 aliphatic carbocycles. The van der Waals surface area contributed by atoms with Crippen LogP contribution in [0.5, 0.6) is 0 Å². The molecule has 0 spiro atoms. The van der Waals surface area contributed by atoms with E-state index in [-0.39, 0.29) is 0 Å². The van der Waals surface area contributed by atoms with Gasteiger partial charge in [0.15, 0.2) is 0 Å². The summed E-state index contributed by atoms with van der Waals surface area (Å²) in [6, 6.07) is 8.14. The van der Waals surface area contributed by atoms with Crippen LogP contribution in [0.15, 0.2) is 34.9 Å². The Balaban J connectivity index is 0.000000531. The Bertz CT molecular complexity index is 404. The number of nitrogens with one attached hydrogen (secondary N) is 1. The molecule has 0 aliphatic heterocycles. The maximum Gasteiger partial charge on any atom is 0.103 e. The smallest absolute Gasteiger partial charge is 0.103 e. The predicted molar refractivity (Wildman–Crippen MR) is 67.8 cm³/mol. The Morgan fingerprint density at radius 1 is 1.13 bits per heavy atom. The third-order valence-corrected chi connectivity index (χ3v) is 2.39. The summed E-state index contributed by atoms with van der Waals surface area (Å²) in [4.78, 5) is 7.33. The lowest BCUT2D eigenvalue weighted by atomic mass is 10.2. The summed E-state index contributed by atoms with van der Waals surface area (Å²) >= 11 is 3.40. The van der Waals surface area contributed by atoms with Crippen molar-refractivity contribution in [3.8, 4) is 11.3 Å². The van der Waals surface area contributed by atoms with Crippen molar-refractivity contribution in [1.29, 1.82) is 0 Å². The van der Waals surface area contributed by atoms with E-state index in [2.05, 4.69) is 38.0 Å². The summed E-state index contributed by atoms with van der Waals surface area (Å²) in [7, 11) is 0. The topological polar surface area (TPSA) is 28.7 Å². The van der Waals surface area contributed by atoms with Gasteiger partial charge in [-0.3, -0.25) is 0 Å². The fourth-order valence-corrected chi connectivity index (χ4v) is 1.46. The monoisotopic (exact) mass is 266 g/mol. The van der Waals surface area contributed by atoms with Crippen LogP contribution in [-0.4, -0.2) is 9.97 Å². The number of rotatable bonds is 1. The molecule has 80 valence electrons. The minimum Gasteiger partial charge on any atom is -0.342 e. The molecule has 0 amide bonds. The summed E-state index contributed by atoms with van der Waals surface area (Å²) in [6.45, 7) is 5.95. The molecule has 3 heteroatoms. The van der Waals surface area contributed by atoms with Crippen LogP contribution in [0, 0.1) is 6.92 Å². The van der Waals surface area contributed by atoms with E-state index in [1.165, 1.54) is 0 Å². The van der Waals surface area contributed by atoms with Crippen molar-refractivity contribution in [2.75, 3.05) is 0 Å². The lowest BCUT2D eigenvalue weighted by molar-refractivity contribution is 1.15. The van der Waals surface area contributed by atoms with Gasteiger partial charge in [-0.25, -0.2) is 4.98 Å². The van der Waals surface area contributed by atoms with Crippen LogP contribution in [0.3, 0.4) is 0 Å². The summed E-state index contributed by atoms with van der Waals surface area (Å²) in [5.41, 5.74) is 2.22. The molecule has 0 fully saturated rings. The van der Waals surface area contributed by atoms with Crippen LogP contribution < -0.4 is 0 Å². The first kappa shape index (κ1) is 12.0. The fraction of sp³-hybridized carbons (Fsp3) is 0.250. The molecule has 0 unspecified atom stereocenters. The second-order valence-electron chi connectivity index (χ2n) is 2.89. The Morgan fingerprint density at radius 2 is 1.73 bits per heavy atom. The van der Waals surface area contributed by atoms with Gasteiger partial charge in [0.1, 0.15) is 5.82 Å². The molecule has 0 saturated carbocycles. The zero-order valence-electron chi connectivity index (χ0n) is 9.21. The molecule has 0 bridgehead atoms. The molecular weight excluding hydrogens is 252 g/mol. The first-order valence-corrected chi connectivity index (χ1v) is 5.82. The molecule has 0 radical (unpaired) electrons. The zero-order valence-corrected chi connectivity index (χ0v) is 10.8. The molecule has 1 aromatic carbocycles. The number of nitrogens with zero attached hydrogens (tertiary/aromatic N) is 1. The van der Waals surface area contributed by atoms with Gasteiger partial charge >= 0.3 is 0 Å². The minimum atomic E-state index is 0.943. The fourth-order valence-electron chi connectivity index (χ4n) is 1.20. The largest absolute Gasteiger partial charge is 0.342 e. The molecular formula is C12H15BrN2. The maximum absolute atomic E-state index is 4.15. The van der Waals surface area contributed by atoms with Gasteiger partial charge in [0, 0.05) is 4.47 Å².